The fourth-order valence-corrected chi connectivity index (χ4v) is 3.22. The first-order valence-electron chi connectivity index (χ1n) is 6.89. The number of halogens is 2. The third kappa shape index (κ3) is 7.92. The number of nitrogens with one attached hydrogen (secondary N) is 1. The summed E-state index contributed by atoms with van der Waals surface area (Å²) in [7, 11) is 0. The number of amides is 1. The lowest BCUT2D eigenvalue weighted by Crippen LogP contribution is -2.19. The molecule has 0 aromatic heterocycles. The number of carboxylic acid groups (broad SMARTS) is 1. The summed E-state index contributed by atoms with van der Waals surface area (Å²) in [4.78, 5) is 22.5. The van der Waals surface area contributed by atoms with Crippen LogP contribution in [-0.2, 0) is 16.0 Å². The van der Waals surface area contributed by atoms with Crippen LogP contribution >= 0.6 is 35.0 Å². The van der Waals surface area contributed by atoms with Gasteiger partial charge in [-0.05, 0) is 24.1 Å². The van der Waals surface area contributed by atoms with Gasteiger partial charge in [-0.25, -0.2) is 0 Å². The van der Waals surface area contributed by atoms with E-state index in [-0.39, 0.29) is 17.6 Å². The third-order valence-electron chi connectivity index (χ3n) is 2.88. The number of hydrogen-bond donors (Lipinski definition) is 2. The lowest BCUT2D eigenvalue weighted by molar-refractivity contribution is -0.137. The molecule has 22 heavy (non-hydrogen) atoms. The van der Waals surface area contributed by atoms with Gasteiger partial charge in [0.2, 0.25) is 5.91 Å². The first kappa shape index (κ1) is 19.1. The van der Waals surface area contributed by atoms with Crippen LogP contribution in [0.3, 0.4) is 0 Å². The first-order valence-corrected chi connectivity index (χ1v) is 9.01. The van der Waals surface area contributed by atoms with Crippen molar-refractivity contribution in [1.29, 1.82) is 0 Å². The second-order valence-electron chi connectivity index (χ2n) is 4.68. The van der Waals surface area contributed by atoms with E-state index in [1.165, 1.54) is 0 Å². The molecule has 122 valence electrons. The van der Waals surface area contributed by atoms with Crippen molar-refractivity contribution in [2.45, 2.75) is 24.5 Å². The van der Waals surface area contributed by atoms with Gasteiger partial charge in [0.15, 0.2) is 0 Å². The summed E-state index contributed by atoms with van der Waals surface area (Å²) < 4.78 is 0. The lowest BCUT2D eigenvalue weighted by atomic mass is 10.1. The molecule has 0 heterocycles. The molecule has 1 unspecified atom stereocenters. The number of aliphatic carboxylic acids is 1. The van der Waals surface area contributed by atoms with Crippen LogP contribution in [0, 0.1) is 0 Å². The molecular formula is C15H19Cl2NO3S. The molecule has 0 aliphatic rings. The Morgan fingerprint density at radius 1 is 1.23 bits per heavy atom. The molecule has 1 aromatic rings. The molecule has 1 amide bonds. The van der Waals surface area contributed by atoms with E-state index in [1.807, 2.05) is 12.1 Å². The number of anilines is 1. The van der Waals surface area contributed by atoms with Crippen molar-refractivity contribution in [1.82, 2.24) is 0 Å². The highest BCUT2D eigenvalue weighted by Crippen LogP contribution is 2.18. The highest BCUT2D eigenvalue weighted by Gasteiger charge is 2.13. The zero-order chi connectivity index (χ0) is 16.4. The minimum Gasteiger partial charge on any atom is -0.481 e. The molecule has 2 N–H and O–H groups in total. The number of hydrogen-bond acceptors (Lipinski definition) is 3. The Hall–Kier alpha value is -0.910. The van der Waals surface area contributed by atoms with E-state index in [9.17, 15) is 9.59 Å². The van der Waals surface area contributed by atoms with E-state index in [2.05, 4.69) is 5.32 Å². The van der Waals surface area contributed by atoms with Gasteiger partial charge in [-0.2, -0.15) is 11.8 Å². The van der Waals surface area contributed by atoms with Crippen LogP contribution in [0.4, 0.5) is 5.69 Å². The van der Waals surface area contributed by atoms with Crippen molar-refractivity contribution in [3.63, 3.8) is 0 Å². The Kier molecular flexibility index (Phi) is 9.36. The van der Waals surface area contributed by atoms with Crippen LogP contribution in [0.5, 0.6) is 0 Å². The Bertz CT molecular complexity index is 482. The normalized spacial score (nSPS) is 11.9. The number of aryl methyl sites for hydroxylation is 1. The number of carbonyl (C=O) groups is 2. The lowest BCUT2D eigenvalue weighted by Gasteiger charge is -2.13. The Morgan fingerprint density at radius 3 is 2.45 bits per heavy atom. The van der Waals surface area contributed by atoms with Gasteiger partial charge in [-0.15, -0.1) is 23.2 Å². The van der Waals surface area contributed by atoms with Gasteiger partial charge in [0.1, 0.15) is 0 Å². The molecular weight excluding hydrogens is 345 g/mol. The van der Waals surface area contributed by atoms with Crippen molar-refractivity contribution >= 4 is 52.5 Å². The topological polar surface area (TPSA) is 66.4 Å². The number of rotatable bonds is 10. The maximum Gasteiger partial charge on any atom is 0.303 e. The summed E-state index contributed by atoms with van der Waals surface area (Å²) in [5.74, 6) is 0.801. The summed E-state index contributed by atoms with van der Waals surface area (Å²) in [6.45, 7) is 0. The fraction of sp³-hybridized carbons (Fsp3) is 0.467. The molecule has 1 aromatic carbocycles. The maximum absolute atomic E-state index is 12.0. The summed E-state index contributed by atoms with van der Waals surface area (Å²) >= 11 is 13.1. The highest BCUT2D eigenvalue weighted by atomic mass is 35.5. The van der Waals surface area contributed by atoms with Gasteiger partial charge < -0.3 is 10.4 Å². The van der Waals surface area contributed by atoms with Gasteiger partial charge in [0.25, 0.3) is 0 Å². The van der Waals surface area contributed by atoms with Crippen LogP contribution in [0.2, 0.25) is 0 Å². The second-order valence-corrected chi connectivity index (χ2v) is 6.77. The molecule has 4 nitrogen and oxygen atoms in total. The minimum absolute atomic E-state index is 0.0512. The maximum atomic E-state index is 12.0. The number of thioether (sulfide) groups is 1. The molecule has 0 radical (unpaired) electrons. The van der Waals surface area contributed by atoms with E-state index in [1.54, 1.807) is 23.9 Å². The van der Waals surface area contributed by atoms with Crippen LogP contribution in [0.1, 0.15) is 18.4 Å². The molecule has 0 aliphatic heterocycles. The fourth-order valence-electron chi connectivity index (χ4n) is 1.79. The van der Waals surface area contributed by atoms with Crippen LogP contribution in [-0.4, -0.2) is 39.7 Å². The minimum atomic E-state index is -0.820. The molecule has 1 rings (SSSR count). The van der Waals surface area contributed by atoms with Gasteiger partial charge >= 0.3 is 5.97 Å². The molecule has 0 saturated carbocycles. The van der Waals surface area contributed by atoms with Crippen molar-refractivity contribution in [3.05, 3.63) is 29.8 Å². The average molecular weight is 364 g/mol. The number of carboxylic acids is 1. The average Bonchev–Trinajstić information content (AvgIpc) is 2.50. The van der Waals surface area contributed by atoms with Gasteiger partial charge in [-0.3, -0.25) is 9.59 Å². The Morgan fingerprint density at radius 2 is 1.91 bits per heavy atom. The zero-order valence-corrected chi connectivity index (χ0v) is 14.4. The zero-order valence-electron chi connectivity index (χ0n) is 12.1. The molecule has 0 aliphatic carbocycles. The standard InChI is InChI=1S/C15H19Cl2NO3S/c16-7-8-22-13(10-17)9-14(19)18-12-4-1-11(2-5-12)3-6-15(20)21/h1-2,4-5,13H,3,6-10H2,(H,18,19)(H,20,21). The van der Waals surface area contributed by atoms with Gasteiger partial charge in [-0.1, -0.05) is 12.1 Å². The van der Waals surface area contributed by atoms with Gasteiger partial charge in [0.05, 0.1) is 0 Å². The van der Waals surface area contributed by atoms with Crippen LogP contribution in [0.25, 0.3) is 0 Å². The van der Waals surface area contributed by atoms with E-state index < -0.39 is 5.97 Å². The molecule has 0 fully saturated rings. The highest BCUT2D eigenvalue weighted by molar-refractivity contribution is 8.00. The van der Waals surface area contributed by atoms with Gasteiger partial charge in [0, 0.05) is 41.3 Å². The quantitative estimate of drug-likeness (QED) is 0.623. The van der Waals surface area contributed by atoms with Crippen molar-refractivity contribution < 1.29 is 14.7 Å². The van der Waals surface area contributed by atoms with Crippen LogP contribution < -0.4 is 5.32 Å². The molecule has 0 spiro atoms. The molecule has 7 heteroatoms. The van der Waals surface area contributed by atoms with E-state index in [0.29, 0.717) is 30.3 Å². The summed E-state index contributed by atoms with van der Waals surface area (Å²) in [5.41, 5.74) is 1.62. The van der Waals surface area contributed by atoms with E-state index >= 15 is 0 Å². The second kappa shape index (κ2) is 10.8. The summed E-state index contributed by atoms with van der Waals surface area (Å²) in [6.07, 6.45) is 0.916. The van der Waals surface area contributed by atoms with E-state index in [0.717, 1.165) is 11.3 Å². The SMILES string of the molecule is O=C(O)CCc1ccc(NC(=O)CC(CCl)SCCCl)cc1. The van der Waals surface area contributed by atoms with Crippen molar-refractivity contribution in [2.24, 2.45) is 0 Å². The van der Waals surface area contributed by atoms with Crippen LogP contribution in [0.15, 0.2) is 24.3 Å². The predicted octanol–water partition coefficient (Wildman–Crippen LogP) is 3.61. The smallest absolute Gasteiger partial charge is 0.303 e. The molecule has 0 bridgehead atoms. The summed E-state index contributed by atoms with van der Waals surface area (Å²) in [5, 5.41) is 11.5. The van der Waals surface area contributed by atoms with E-state index in [4.69, 9.17) is 28.3 Å². The molecule has 0 saturated heterocycles. The van der Waals surface area contributed by atoms with Crippen molar-refractivity contribution in [2.75, 3.05) is 22.8 Å². The predicted molar refractivity (Wildman–Crippen MR) is 93.3 cm³/mol. The molecule has 1 atom stereocenters. The number of carbonyl (C=O) groups excluding carboxylic acids is 1. The Balaban J connectivity index is 2.45. The number of alkyl halides is 2. The monoisotopic (exact) mass is 363 g/mol. The first-order chi connectivity index (χ1) is 10.5. The Labute approximate surface area is 144 Å². The largest absolute Gasteiger partial charge is 0.481 e. The van der Waals surface area contributed by atoms with Crippen molar-refractivity contribution in [3.8, 4) is 0 Å². The number of benzene rings is 1. The third-order valence-corrected chi connectivity index (χ3v) is 5.09. The summed E-state index contributed by atoms with van der Waals surface area (Å²) in [6, 6.07) is 7.19.